The Bertz CT molecular complexity index is 814. The average Bonchev–Trinajstić information content (AvgIpc) is 2.63. The third-order valence-electron chi connectivity index (χ3n) is 3.94. The molecule has 0 bridgehead atoms. The Morgan fingerprint density at radius 1 is 1.22 bits per heavy atom. The summed E-state index contributed by atoms with van der Waals surface area (Å²) in [6.07, 6.45) is 0. The summed E-state index contributed by atoms with van der Waals surface area (Å²) in [7, 11) is 0. The van der Waals surface area contributed by atoms with Gasteiger partial charge in [-0.25, -0.2) is 9.18 Å². The molecule has 1 N–H and O–H groups in total. The van der Waals surface area contributed by atoms with E-state index in [1.165, 1.54) is 12.1 Å². The Balaban J connectivity index is 1.78. The SMILES string of the molecule is CCN(CCNC(=O)COC(=O)c1ccc(Cl)cc1F)c1cccc(C)c1. The number of carbonyl (C=O) groups is 2. The van der Waals surface area contributed by atoms with Crippen LogP contribution in [0.1, 0.15) is 22.8 Å². The number of aryl methyl sites for hydroxylation is 1. The molecule has 0 unspecified atom stereocenters. The van der Waals surface area contributed by atoms with Crippen LogP contribution in [0, 0.1) is 12.7 Å². The number of nitrogens with zero attached hydrogens (tertiary/aromatic N) is 1. The molecule has 0 radical (unpaired) electrons. The molecule has 0 spiro atoms. The molecular formula is C20H22ClFN2O3. The zero-order valence-corrected chi connectivity index (χ0v) is 16.1. The Hall–Kier alpha value is -2.60. The topological polar surface area (TPSA) is 58.6 Å². The lowest BCUT2D eigenvalue weighted by molar-refractivity contribution is -0.124. The van der Waals surface area contributed by atoms with E-state index in [1.807, 2.05) is 32.0 Å². The summed E-state index contributed by atoms with van der Waals surface area (Å²) >= 11 is 5.64. The lowest BCUT2D eigenvalue weighted by Gasteiger charge is -2.23. The number of amides is 1. The fourth-order valence-electron chi connectivity index (χ4n) is 2.54. The van der Waals surface area contributed by atoms with Crippen LogP contribution in [-0.4, -0.2) is 38.1 Å². The highest BCUT2D eigenvalue weighted by molar-refractivity contribution is 6.30. The largest absolute Gasteiger partial charge is 0.452 e. The van der Waals surface area contributed by atoms with Gasteiger partial charge < -0.3 is 15.0 Å². The van der Waals surface area contributed by atoms with Gasteiger partial charge in [0.25, 0.3) is 5.91 Å². The van der Waals surface area contributed by atoms with Gasteiger partial charge in [-0.05, 0) is 49.7 Å². The van der Waals surface area contributed by atoms with Crippen molar-refractivity contribution in [3.63, 3.8) is 0 Å². The summed E-state index contributed by atoms with van der Waals surface area (Å²) < 4.78 is 18.5. The number of halogens is 2. The van der Waals surface area contributed by atoms with Gasteiger partial charge in [0.2, 0.25) is 0 Å². The van der Waals surface area contributed by atoms with E-state index >= 15 is 0 Å². The second-order valence-corrected chi connectivity index (χ2v) is 6.41. The van der Waals surface area contributed by atoms with Crippen molar-refractivity contribution in [2.45, 2.75) is 13.8 Å². The van der Waals surface area contributed by atoms with E-state index in [0.29, 0.717) is 13.1 Å². The molecule has 0 aliphatic rings. The standard InChI is InChI=1S/C20H22ClFN2O3/c1-3-24(16-6-4-5-14(2)11-16)10-9-23-19(25)13-27-20(26)17-8-7-15(21)12-18(17)22/h4-8,11-12H,3,9-10,13H2,1-2H3,(H,23,25). The van der Waals surface area contributed by atoms with Crippen molar-refractivity contribution < 1.29 is 18.7 Å². The van der Waals surface area contributed by atoms with E-state index in [9.17, 15) is 14.0 Å². The van der Waals surface area contributed by atoms with Gasteiger partial charge in [0.1, 0.15) is 5.82 Å². The number of rotatable bonds is 8. The Labute approximate surface area is 163 Å². The molecule has 0 heterocycles. The van der Waals surface area contributed by atoms with E-state index in [1.54, 1.807) is 0 Å². The van der Waals surface area contributed by atoms with Gasteiger partial charge in [-0.15, -0.1) is 0 Å². The number of likely N-dealkylation sites (N-methyl/N-ethyl adjacent to an activating group) is 1. The second-order valence-electron chi connectivity index (χ2n) is 5.97. The molecule has 7 heteroatoms. The summed E-state index contributed by atoms with van der Waals surface area (Å²) in [5, 5.41) is 2.87. The fraction of sp³-hybridized carbons (Fsp3) is 0.300. The first kappa shape index (κ1) is 20.7. The molecule has 2 aromatic carbocycles. The Kier molecular flexibility index (Phi) is 7.61. The predicted octanol–water partition coefficient (Wildman–Crippen LogP) is 3.59. The number of hydrogen-bond donors (Lipinski definition) is 1. The molecule has 0 aromatic heterocycles. The minimum absolute atomic E-state index is 0.177. The first-order valence-electron chi connectivity index (χ1n) is 8.61. The van der Waals surface area contributed by atoms with Crippen molar-refractivity contribution in [2.75, 3.05) is 31.1 Å². The van der Waals surface area contributed by atoms with Gasteiger partial charge in [-0.2, -0.15) is 0 Å². The highest BCUT2D eigenvalue weighted by Crippen LogP contribution is 2.16. The summed E-state index contributed by atoms with van der Waals surface area (Å²) in [6, 6.07) is 11.7. The third-order valence-corrected chi connectivity index (χ3v) is 4.17. The van der Waals surface area contributed by atoms with Crippen molar-refractivity contribution in [1.82, 2.24) is 5.32 Å². The molecule has 0 fully saturated rings. The van der Waals surface area contributed by atoms with Crippen LogP contribution in [0.15, 0.2) is 42.5 Å². The molecule has 0 aliphatic carbocycles. The smallest absolute Gasteiger partial charge is 0.341 e. The van der Waals surface area contributed by atoms with E-state index in [0.717, 1.165) is 23.9 Å². The third kappa shape index (κ3) is 6.25. The lowest BCUT2D eigenvalue weighted by atomic mass is 10.2. The zero-order chi connectivity index (χ0) is 19.8. The van der Waals surface area contributed by atoms with Gasteiger partial charge in [0.15, 0.2) is 6.61 Å². The van der Waals surface area contributed by atoms with Crippen molar-refractivity contribution >= 4 is 29.2 Å². The number of esters is 1. The number of benzene rings is 2. The first-order chi connectivity index (χ1) is 12.9. The second kappa shape index (κ2) is 9.92. The summed E-state index contributed by atoms with van der Waals surface area (Å²) in [6.45, 7) is 5.39. The molecule has 27 heavy (non-hydrogen) atoms. The Morgan fingerprint density at radius 2 is 2.00 bits per heavy atom. The van der Waals surface area contributed by atoms with Crippen LogP contribution in [0.2, 0.25) is 5.02 Å². The van der Waals surface area contributed by atoms with Crippen LogP contribution in [-0.2, 0) is 9.53 Å². The first-order valence-corrected chi connectivity index (χ1v) is 8.99. The molecule has 0 saturated heterocycles. The molecule has 1 amide bonds. The fourth-order valence-corrected chi connectivity index (χ4v) is 2.70. The minimum Gasteiger partial charge on any atom is -0.452 e. The number of anilines is 1. The quantitative estimate of drug-likeness (QED) is 0.697. The minimum atomic E-state index is -0.908. The highest BCUT2D eigenvalue weighted by Gasteiger charge is 2.15. The van der Waals surface area contributed by atoms with Crippen LogP contribution >= 0.6 is 11.6 Å². The predicted molar refractivity (Wildman–Crippen MR) is 104 cm³/mol. The van der Waals surface area contributed by atoms with Crippen LogP contribution in [0.4, 0.5) is 10.1 Å². The van der Waals surface area contributed by atoms with Crippen molar-refractivity contribution in [3.05, 3.63) is 64.4 Å². The number of carbonyl (C=O) groups excluding carboxylic acids is 2. The molecule has 144 valence electrons. The molecule has 2 aromatic rings. The average molecular weight is 393 g/mol. The van der Waals surface area contributed by atoms with Crippen LogP contribution in [0.3, 0.4) is 0 Å². The number of ether oxygens (including phenoxy) is 1. The van der Waals surface area contributed by atoms with Gasteiger partial charge in [0.05, 0.1) is 5.56 Å². The van der Waals surface area contributed by atoms with E-state index in [4.69, 9.17) is 16.3 Å². The molecule has 0 saturated carbocycles. The highest BCUT2D eigenvalue weighted by atomic mass is 35.5. The van der Waals surface area contributed by atoms with Crippen molar-refractivity contribution in [2.24, 2.45) is 0 Å². The van der Waals surface area contributed by atoms with Crippen LogP contribution < -0.4 is 10.2 Å². The maximum atomic E-state index is 13.7. The summed E-state index contributed by atoms with van der Waals surface area (Å²) in [5.41, 5.74) is 1.98. The normalized spacial score (nSPS) is 10.4. The van der Waals surface area contributed by atoms with E-state index in [2.05, 4.69) is 16.3 Å². The van der Waals surface area contributed by atoms with Crippen LogP contribution in [0.5, 0.6) is 0 Å². The van der Waals surface area contributed by atoms with Gasteiger partial charge in [-0.3, -0.25) is 4.79 Å². The molecule has 0 atom stereocenters. The van der Waals surface area contributed by atoms with Gasteiger partial charge in [-0.1, -0.05) is 23.7 Å². The zero-order valence-electron chi connectivity index (χ0n) is 15.3. The summed E-state index contributed by atoms with van der Waals surface area (Å²) in [5.74, 6) is -2.14. The monoisotopic (exact) mass is 392 g/mol. The van der Waals surface area contributed by atoms with Gasteiger partial charge in [0, 0.05) is 30.3 Å². The Morgan fingerprint density at radius 3 is 2.67 bits per heavy atom. The maximum Gasteiger partial charge on any atom is 0.341 e. The van der Waals surface area contributed by atoms with Crippen molar-refractivity contribution in [1.29, 1.82) is 0 Å². The molecule has 5 nitrogen and oxygen atoms in total. The lowest BCUT2D eigenvalue weighted by Crippen LogP contribution is -2.37. The molecular weight excluding hydrogens is 371 g/mol. The summed E-state index contributed by atoms with van der Waals surface area (Å²) in [4.78, 5) is 25.8. The van der Waals surface area contributed by atoms with E-state index in [-0.39, 0.29) is 10.6 Å². The molecule has 0 aliphatic heterocycles. The van der Waals surface area contributed by atoms with Crippen LogP contribution in [0.25, 0.3) is 0 Å². The van der Waals surface area contributed by atoms with Gasteiger partial charge >= 0.3 is 5.97 Å². The number of nitrogens with one attached hydrogen (secondary N) is 1. The van der Waals surface area contributed by atoms with E-state index < -0.39 is 24.3 Å². The molecule has 2 rings (SSSR count). The maximum absolute atomic E-state index is 13.7. The number of hydrogen-bond acceptors (Lipinski definition) is 4. The van der Waals surface area contributed by atoms with Crippen molar-refractivity contribution in [3.8, 4) is 0 Å².